The number of amides is 1. The summed E-state index contributed by atoms with van der Waals surface area (Å²) in [5.41, 5.74) is 1.94. The Labute approximate surface area is 174 Å². The lowest BCUT2D eigenvalue weighted by Crippen LogP contribution is -2.15. The van der Waals surface area contributed by atoms with E-state index in [0.717, 1.165) is 0 Å². The van der Waals surface area contributed by atoms with E-state index in [2.05, 4.69) is 15.2 Å². The Hall–Kier alpha value is -3.53. The summed E-state index contributed by atoms with van der Waals surface area (Å²) in [6.45, 7) is 3.42. The van der Waals surface area contributed by atoms with Crippen molar-refractivity contribution >= 4 is 27.5 Å². The first-order valence-electron chi connectivity index (χ1n) is 8.84. The smallest absolute Gasteiger partial charge is 0.264 e. The van der Waals surface area contributed by atoms with Gasteiger partial charge in [-0.05, 0) is 50.2 Å². The van der Waals surface area contributed by atoms with Crippen molar-refractivity contribution in [2.24, 2.45) is 0 Å². The molecule has 1 amide bonds. The molecule has 10 heteroatoms. The Kier molecular flexibility index (Phi) is 5.97. The number of benzene rings is 2. The third-order valence-corrected chi connectivity index (χ3v) is 5.81. The number of hydrogen-bond acceptors (Lipinski definition) is 7. The van der Waals surface area contributed by atoms with Gasteiger partial charge in [-0.2, -0.15) is 0 Å². The summed E-state index contributed by atoms with van der Waals surface area (Å²) in [5, 5.41) is 6.43. The summed E-state index contributed by atoms with van der Waals surface area (Å²) >= 11 is 0. The molecule has 0 fully saturated rings. The zero-order valence-corrected chi connectivity index (χ0v) is 17.7. The van der Waals surface area contributed by atoms with Crippen LogP contribution < -0.4 is 19.5 Å². The molecule has 0 bridgehead atoms. The predicted molar refractivity (Wildman–Crippen MR) is 111 cm³/mol. The highest BCUT2D eigenvalue weighted by Gasteiger charge is 2.19. The van der Waals surface area contributed by atoms with E-state index in [-0.39, 0.29) is 10.8 Å². The molecule has 1 heterocycles. The number of methoxy groups -OCH3 is 2. The van der Waals surface area contributed by atoms with Gasteiger partial charge in [0.05, 0.1) is 30.4 Å². The Morgan fingerprint density at radius 3 is 2.30 bits per heavy atom. The van der Waals surface area contributed by atoms with Gasteiger partial charge in [0.15, 0.2) is 0 Å². The van der Waals surface area contributed by atoms with Crippen LogP contribution in [0.4, 0.5) is 11.6 Å². The average molecular weight is 431 g/mol. The molecule has 3 aromatic rings. The first-order chi connectivity index (χ1) is 14.2. The number of carbonyl (C=O) groups excluding carboxylic acids is 1. The summed E-state index contributed by atoms with van der Waals surface area (Å²) in [6.07, 6.45) is 0. The van der Waals surface area contributed by atoms with Gasteiger partial charge >= 0.3 is 0 Å². The quantitative estimate of drug-likeness (QED) is 0.588. The van der Waals surface area contributed by atoms with Crippen molar-refractivity contribution in [2.75, 3.05) is 24.3 Å². The number of aromatic nitrogens is 1. The molecule has 0 saturated heterocycles. The Balaban J connectivity index is 1.76. The standard InChI is InChI=1S/C20H21N3O6S/c1-12-13(2)22-29-20(12)23-30(25,26)16-8-5-14(6-9-16)21-19(24)17-10-7-15(27-3)11-18(17)28-4/h5-11,23H,1-4H3,(H,21,24). The fraction of sp³-hybridized carbons (Fsp3) is 0.200. The molecule has 0 spiro atoms. The topological polar surface area (TPSA) is 120 Å². The molecule has 158 valence electrons. The minimum atomic E-state index is -3.87. The highest BCUT2D eigenvalue weighted by Crippen LogP contribution is 2.26. The number of anilines is 2. The van der Waals surface area contributed by atoms with E-state index in [1.807, 2.05) is 0 Å². The molecule has 9 nitrogen and oxygen atoms in total. The number of rotatable bonds is 7. The van der Waals surface area contributed by atoms with Gasteiger partial charge in [-0.25, -0.2) is 13.1 Å². The lowest BCUT2D eigenvalue weighted by atomic mass is 10.1. The summed E-state index contributed by atoms with van der Waals surface area (Å²) < 4.78 is 42.8. The number of ether oxygens (including phenoxy) is 2. The van der Waals surface area contributed by atoms with Gasteiger partial charge in [-0.1, -0.05) is 5.16 Å². The van der Waals surface area contributed by atoms with Crippen LogP contribution in [0.3, 0.4) is 0 Å². The zero-order valence-electron chi connectivity index (χ0n) is 16.8. The molecule has 0 saturated carbocycles. The zero-order chi connectivity index (χ0) is 21.9. The monoisotopic (exact) mass is 431 g/mol. The maximum absolute atomic E-state index is 12.6. The molecule has 0 atom stereocenters. The number of nitrogens with one attached hydrogen (secondary N) is 2. The summed E-state index contributed by atoms with van der Waals surface area (Å²) in [6, 6.07) is 10.6. The highest BCUT2D eigenvalue weighted by atomic mass is 32.2. The third-order valence-electron chi connectivity index (χ3n) is 4.46. The van der Waals surface area contributed by atoms with E-state index in [9.17, 15) is 13.2 Å². The Morgan fingerprint density at radius 1 is 1.03 bits per heavy atom. The van der Waals surface area contributed by atoms with Crippen molar-refractivity contribution in [3.8, 4) is 11.5 Å². The van der Waals surface area contributed by atoms with Crippen molar-refractivity contribution in [2.45, 2.75) is 18.7 Å². The normalized spacial score (nSPS) is 11.1. The van der Waals surface area contributed by atoms with Gasteiger partial charge in [-0.3, -0.25) is 4.79 Å². The van der Waals surface area contributed by atoms with Crippen molar-refractivity contribution in [3.05, 3.63) is 59.3 Å². The number of hydrogen-bond donors (Lipinski definition) is 2. The van der Waals surface area contributed by atoms with E-state index in [4.69, 9.17) is 14.0 Å². The Morgan fingerprint density at radius 2 is 1.73 bits per heavy atom. The minimum absolute atomic E-state index is 0.0102. The largest absolute Gasteiger partial charge is 0.497 e. The van der Waals surface area contributed by atoms with Crippen LogP contribution in [0.5, 0.6) is 11.5 Å². The molecule has 0 aliphatic heterocycles. The first kappa shape index (κ1) is 21.2. The number of sulfonamides is 1. The van der Waals surface area contributed by atoms with Crippen LogP contribution in [-0.4, -0.2) is 33.7 Å². The van der Waals surface area contributed by atoms with Crippen LogP contribution in [0, 0.1) is 13.8 Å². The van der Waals surface area contributed by atoms with Crippen LogP contribution in [0.2, 0.25) is 0 Å². The van der Waals surface area contributed by atoms with E-state index in [1.54, 1.807) is 32.0 Å². The van der Waals surface area contributed by atoms with Crippen LogP contribution in [0.25, 0.3) is 0 Å². The van der Waals surface area contributed by atoms with Gasteiger partial charge < -0.3 is 19.3 Å². The van der Waals surface area contributed by atoms with Gasteiger partial charge in [0.2, 0.25) is 5.88 Å². The number of nitrogens with zero attached hydrogens (tertiary/aromatic N) is 1. The molecule has 0 aliphatic rings. The van der Waals surface area contributed by atoms with Crippen molar-refractivity contribution in [1.82, 2.24) is 5.16 Å². The fourth-order valence-electron chi connectivity index (χ4n) is 2.59. The van der Waals surface area contributed by atoms with Gasteiger partial charge in [0, 0.05) is 17.3 Å². The van der Waals surface area contributed by atoms with Crippen LogP contribution >= 0.6 is 0 Å². The Bertz CT molecular complexity index is 1170. The van der Waals surface area contributed by atoms with Crippen LogP contribution in [-0.2, 0) is 10.0 Å². The molecular formula is C20H21N3O6S. The van der Waals surface area contributed by atoms with Crippen molar-refractivity contribution in [1.29, 1.82) is 0 Å². The molecule has 30 heavy (non-hydrogen) atoms. The lowest BCUT2D eigenvalue weighted by molar-refractivity contribution is 0.102. The van der Waals surface area contributed by atoms with Gasteiger partial charge in [0.25, 0.3) is 15.9 Å². The van der Waals surface area contributed by atoms with Crippen molar-refractivity contribution < 1.29 is 27.2 Å². The second-order valence-electron chi connectivity index (χ2n) is 6.37. The summed E-state index contributed by atoms with van der Waals surface area (Å²) in [4.78, 5) is 12.6. The van der Waals surface area contributed by atoms with Crippen LogP contribution in [0.1, 0.15) is 21.6 Å². The maximum Gasteiger partial charge on any atom is 0.264 e. The highest BCUT2D eigenvalue weighted by molar-refractivity contribution is 7.92. The minimum Gasteiger partial charge on any atom is -0.497 e. The van der Waals surface area contributed by atoms with Crippen LogP contribution in [0.15, 0.2) is 51.9 Å². The molecule has 1 aromatic heterocycles. The molecule has 2 aromatic carbocycles. The summed E-state index contributed by atoms with van der Waals surface area (Å²) in [5.74, 6) is 0.572. The average Bonchev–Trinajstić information content (AvgIpc) is 3.05. The van der Waals surface area contributed by atoms with Crippen molar-refractivity contribution in [3.63, 3.8) is 0 Å². The maximum atomic E-state index is 12.6. The number of aryl methyl sites for hydroxylation is 1. The first-order valence-corrected chi connectivity index (χ1v) is 10.3. The third kappa shape index (κ3) is 4.38. The van der Waals surface area contributed by atoms with Gasteiger partial charge in [-0.15, -0.1) is 0 Å². The second-order valence-corrected chi connectivity index (χ2v) is 8.05. The van der Waals surface area contributed by atoms with E-state index in [1.165, 1.54) is 38.5 Å². The molecule has 0 aliphatic carbocycles. The molecule has 3 rings (SSSR count). The lowest BCUT2D eigenvalue weighted by Gasteiger charge is -2.11. The van der Waals surface area contributed by atoms with Gasteiger partial charge in [0.1, 0.15) is 11.5 Å². The number of carbonyl (C=O) groups is 1. The predicted octanol–water partition coefficient (Wildman–Crippen LogP) is 3.36. The summed E-state index contributed by atoms with van der Waals surface area (Å²) in [7, 11) is -0.897. The molecular weight excluding hydrogens is 410 g/mol. The van der Waals surface area contributed by atoms with E-state index < -0.39 is 15.9 Å². The molecule has 2 N–H and O–H groups in total. The fourth-order valence-corrected chi connectivity index (χ4v) is 3.64. The molecule has 0 radical (unpaired) electrons. The van der Waals surface area contributed by atoms with E-state index in [0.29, 0.717) is 34.0 Å². The second kappa shape index (κ2) is 8.46. The van der Waals surface area contributed by atoms with E-state index >= 15 is 0 Å². The molecule has 0 unspecified atom stereocenters. The SMILES string of the molecule is COc1ccc(C(=O)Nc2ccc(S(=O)(=O)Nc3onc(C)c3C)cc2)c(OC)c1.